The largest absolute Gasteiger partial charge is 0.357 e. The van der Waals surface area contributed by atoms with E-state index in [1.807, 2.05) is 4.90 Å². The lowest BCUT2D eigenvalue weighted by Crippen LogP contribution is -2.22. The highest BCUT2D eigenvalue weighted by molar-refractivity contribution is 5.44. The first-order chi connectivity index (χ1) is 8.24. The van der Waals surface area contributed by atoms with Gasteiger partial charge in [-0.1, -0.05) is 13.3 Å². The average Bonchev–Trinajstić information content (AvgIpc) is 2.79. The van der Waals surface area contributed by atoms with Gasteiger partial charge in [-0.2, -0.15) is 4.98 Å². The first kappa shape index (κ1) is 12.1. The van der Waals surface area contributed by atoms with Crippen LogP contribution >= 0.6 is 0 Å². The molecular weight excluding hydrogens is 219 g/mol. The van der Waals surface area contributed by atoms with Gasteiger partial charge in [0.05, 0.1) is 6.20 Å². The molecule has 0 amide bonds. The third-order valence-electron chi connectivity index (χ3n) is 3.23. The SMILES string of the molecule is CCCC1CCN(c2nc(NC)ncc2F)C1. The lowest BCUT2D eigenvalue weighted by atomic mass is 10.0. The summed E-state index contributed by atoms with van der Waals surface area (Å²) in [5, 5.41) is 2.84. The van der Waals surface area contributed by atoms with E-state index in [0.717, 1.165) is 19.5 Å². The molecule has 1 aromatic heterocycles. The predicted molar refractivity (Wildman–Crippen MR) is 66.8 cm³/mol. The summed E-state index contributed by atoms with van der Waals surface area (Å²) in [6, 6.07) is 0. The lowest BCUT2D eigenvalue weighted by molar-refractivity contribution is 0.528. The first-order valence-electron chi connectivity index (χ1n) is 6.19. The minimum Gasteiger partial charge on any atom is -0.357 e. The highest BCUT2D eigenvalue weighted by Gasteiger charge is 2.25. The second kappa shape index (κ2) is 5.29. The quantitative estimate of drug-likeness (QED) is 0.873. The Morgan fingerprint density at radius 3 is 3.12 bits per heavy atom. The molecule has 1 N–H and O–H groups in total. The Bertz CT molecular complexity index is 383. The number of rotatable bonds is 4. The van der Waals surface area contributed by atoms with Gasteiger partial charge < -0.3 is 10.2 Å². The normalized spacial score (nSPS) is 19.7. The zero-order valence-electron chi connectivity index (χ0n) is 10.4. The number of hydrogen-bond acceptors (Lipinski definition) is 4. The van der Waals surface area contributed by atoms with Crippen LogP contribution in [0.2, 0.25) is 0 Å². The van der Waals surface area contributed by atoms with Gasteiger partial charge >= 0.3 is 0 Å². The van der Waals surface area contributed by atoms with Crippen LogP contribution in [-0.2, 0) is 0 Å². The van der Waals surface area contributed by atoms with E-state index in [2.05, 4.69) is 22.2 Å². The van der Waals surface area contributed by atoms with Crippen LogP contribution in [0.15, 0.2) is 6.20 Å². The maximum absolute atomic E-state index is 13.7. The summed E-state index contributed by atoms with van der Waals surface area (Å²) >= 11 is 0. The van der Waals surface area contributed by atoms with Crippen LogP contribution in [0.5, 0.6) is 0 Å². The number of anilines is 2. The summed E-state index contributed by atoms with van der Waals surface area (Å²) in [4.78, 5) is 10.1. The Kier molecular flexibility index (Phi) is 3.76. The molecule has 94 valence electrons. The van der Waals surface area contributed by atoms with Gasteiger partial charge in [0.15, 0.2) is 11.6 Å². The zero-order valence-corrected chi connectivity index (χ0v) is 10.4. The van der Waals surface area contributed by atoms with E-state index in [0.29, 0.717) is 17.7 Å². The molecule has 1 aliphatic rings. The van der Waals surface area contributed by atoms with Gasteiger partial charge in [0.1, 0.15) is 0 Å². The molecule has 1 aliphatic heterocycles. The average molecular weight is 238 g/mol. The number of nitrogens with zero attached hydrogens (tertiary/aromatic N) is 3. The van der Waals surface area contributed by atoms with E-state index in [9.17, 15) is 4.39 Å². The second-order valence-corrected chi connectivity index (χ2v) is 4.50. The zero-order chi connectivity index (χ0) is 12.3. The Hall–Kier alpha value is -1.39. The molecule has 2 heterocycles. The molecule has 1 unspecified atom stereocenters. The van der Waals surface area contributed by atoms with Gasteiger partial charge in [-0.25, -0.2) is 9.37 Å². The van der Waals surface area contributed by atoms with E-state index in [1.54, 1.807) is 7.05 Å². The van der Waals surface area contributed by atoms with Crippen LogP contribution in [0, 0.1) is 11.7 Å². The molecule has 1 saturated heterocycles. The topological polar surface area (TPSA) is 41.1 Å². The monoisotopic (exact) mass is 238 g/mol. The fraction of sp³-hybridized carbons (Fsp3) is 0.667. The van der Waals surface area contributed by atoms with Crippen LogP contribution in [0.1, 0.15) is 26.2 Å². The maximum Gasteiger partial charge on any atom is 0.224 e. The second-order valence-electron chi connectivity index (χ2n) is 4.50. The fourth-order valence-corrected chi connectivity index (χ4v) is 2.37. The van der Waals surface area contributed by atoms with E-state index in [4.69, 9.17) is 0 Å². The molecule has 17 heavy (non-hydrogen) atoms. The minimum absolute atomic E-state index is 0.332. The third-order valence-corrected chi connectivity index (χ3v) is 3.23. The van der Waals surface area contributed by atoms with Crippen molar-refractivity contribution in [1.82, 2.24) is 9.97 Å². The van der Waals surface area contributed by atoms with Crippen LogP contribution in [0.3, 0.4) is 0 Å². The standard InChI is InChI=1S/C12H19FN4/c1-3-4-9-5-6-17(8-9)11-10(13)7-15-12(14-2)16-11/h7,9H,3-6,8H2,1-2H3,(H,14,15,16). The summed E-state index contributed by atoms with van der Waals surface area (Å²) in [5.41, 5.74) is 0. The molecule has 4 nitrogen and oxygen atoms in total. The van der Waals surface area contributed by atoms with E-state index < -0.39 is 0 Å². The maximum atomic E-state index is 13.7. The highest BCUT2D eigenvalue weighted by Crippen LogP contribution is 2.27. The summed E-state index contributed by atoms with van der Waals surface area (Å²) < 4.78 is 13.7. The van der Waals surface area contributed by atoms with Crippen molar-refractivity contribution < 1.29 is 4.39 Å². The van der Waals surface area contributed by atoms with Gasteiger partial charge in [-0.3, -0.25) is 0 Å². The predicted octanol–water partition coefficient (Wildman–Crippen LogP) is 2.28. The van der Waals surface area contributed by atoms with E-state index in [-0.39, 0.29) is 5.82 Å². The van der Waals surface area contributed by atoms with Gasteiger partial charge in [-0.05, 0) is 18.8 Å². The fourth-order valence-electron chi connectivity index (χ4n) is 2.37. The van der Waals surface area contributed by atoms with Gasteiger partial charge in [0.25, 0.3) is 0 Å². The van der Waals surface area contributed by atoms with E-state index >= 15 is 0 Å². The van der Waals surface area contributed by atoms with Crippen molar-refractivity contribution in [1.29, 1.82) is 0 Å². The number of hydrogen-bond donors (Lipinski definition) is 1. The summed E-state index contributed by atoms with van der Waals surface area (Å²) in [5.74, 6) is 1.25. The molecule has 0 bridgehead atoms. The van der Waals surface area contributed by atoms with Crippen molar-refractivity contribution >= 4 is 11.8 Å². The van der Waals surface area contributed by atoms with Crippen molar-refractivity contribution in [3.8, 4) is 0 Å². The molecule has 1 fully saturated rings. The summed E-state index contributed by atoms with van der Waals surface area (Å²) in [6.45, 7) is 3.99. The molecule has 0 spiro atoms. The van der Waals surface area contributed by atoms with Crippen molar-refractivity contribution in [2.24, 2.45) is 5.92 Å². The molecule has 0 aromatic carbocycles. The number of aromatic nitrogens is 2. The Morgan fingerprint density at radius 2 is 2.41 bits per heavy atom. The van der Waals surface area contributed by atoms with Crippen LogP contribution in [0.25, 0.3) is 0 Å². The van der Waals surface area contributed by atoms with Gasteiger partial charge in [0, 0.05) is 20.1 Å². The highest BCUT2D eigenvalue weighted by atomic mass is 19.1. The summed E-state index contributed by atoms with van der Waals surface area (Å²) in [6.07, 6.45) is 4.77. The Balaban J connectivity index is 2.12. The molecule has 0 aliphatic carbocycles. The van der Waals surface area contributed by atoms with Crippen molar-refractivity contribution in [3.63, 3.8) is 0 Å². The molecular formula is C12H19FN4. The molecule has 1 atom stereocenters. The molecule has 0 radical (unpaired) electrons. The van der Waals surface area contributed by atoms with Crippen molar-refractivity contribution in [2.45, 2.75) is 26.2 Å². The minimum atomic E-state index is -0.332. The molecule has 2 rings (SSSR count). The number of nitrogens with one attached hydrogen (secondary N) is 1. The Morgan fingerprint density at radius 1 is 1.59 bits per heavy atom. The lowest BCUT2D eigenvalue weighted by Gasteiger charge is -2.18. The van der Waals surface area contributed by atoms with Crippen LogP contribution < -0.4 is 10.2 Å². The van der Waals surface area contributed by atoms with Crippen LogP contribution in [0.4, 0.5) is 16.2 Å². The number of halogens is 1. The van der Waals surface area contributed by atoms with Crippen molar-refractivity contribution in [2.75, 3.05) is 30.4 Å². The van der Waals surface area contributed by atoms with Crippen molar-refractivity contribution in [3.05, 3.63) is 12.0 Å². The molecule has 0 saturated carbocycles. The molecule has 1 aromatic rings. The van der Waals surface area contributed by atoms with Gasteiger partial charge in [0.2, 0.25) is 5.95 Å². The first-order valence-corrected chi connectivity index (χ1v) is 6.19. The van der Waals surface area contributed by atoms with E-state index in [1.165, 1.54) is 19.0 Å². The third kappa shape index (κ3) is 2.65. The molecule has 5 heteroatoms. The smallest absolute Gasteiger partial charge is 0.224 e. The Labute approximate surface area is 101 Å². The van der Waals surface area contributed by atoms with Gasteiger partial charge in [-0.15, -0.1) is 0 Å². The summed E-state index contributed by atoms with van der Waals surface area (Å²) in [7, 11) is 1.74. The van der Waals surface area contributed by atoms with Crippen LogP contribution in [-0.4, -0.2) is 30.1 Å².